The molecule has 1 amide bonds. The first-order chi connectivity index (χ1) is 15.1. The van der Waals surface area contributed by atoms with Crippen LogP contribution in [0.15, 0.2) is 35.5 Å². The van der Waals surface area contributed by atoms with Crippen molar-refractivity contribution in [1.82, 2.24) is 19.9 Å². The van der Waals surface area contributed by atoms with Gasteiger partial charge in [-0.15, -0.1) is 11.8 Å². The minimum atomic E-state index is -0.391. The van der Waals surface area contributed by atoms with Gasteiger partial charge >= 0.3 is 0 Å². The van der Waals surface area contributed by atoms with Crippen LogP contribution < -0.4 is 10.6 Å². The Labute approximate surface area is 188 Å². The van der Waals surface area contributed by atoms with Crippen LogP contribution in [0.25, 0.3) is 10.2 Å². The fourth-order valence-electron chi connectivity index (χ4n) is 4.02. The first-order valence-corrected chi connectivity index (χ1v) is 12.4. The summed E-state index contributed by atoms with van der Waals surface area (Å²) < 4.78 is 0.990. The highest BCUT2D eigenvalue weighted by Crippen LogP contribution is 2.31. The lowest BCUT2D eigenvalue weighted by molar-refractivity contribution is 0.00591. The number of thioether (sulfide) groups is 1. The molecule has 162 valence electrons. The van der Waals surface area contributed by atoms with Crippen LogP contribution in [0.5, 0.6) is 0 Å². The summed E-state index contributed by atoms with van der Waals surface area (Å²) >= 11 is 3.20. The Balaban J connectivity index is 1.20. The molecule has 8 nitrogen and oxygen atoms in total. The van der Waals surface area contributed by atoms with Crippen LogP contribution >= 0.6 is 23.1 Å². The smallest absolute Gasteiger partial charge is 0.254 e. The standard InChI is InChI=1S/C21H24N6O2S2/c1-30-16-8-22-20(23-9-16)24-13-3-4-14(7-13)25-21-26-17-5-2-12(6-18(17)31-21)19(29)27-10-15(28)11-27/h2,5-6,8-9,13-15,28H,3-4,7,10-11H2,1H3,(H,25,26)(H,22,23,24)/t13-,14-/m0/s1. The summed E-state index contributed by atoms with van der Waals surface area (Å²) in [5, 5.41) is 17.3. The maximum atomic E-state index is 12.5. The number of aliphatic hydroxyl groups excluding tert-OH is 1. The molecular weight excluding hydrogens is 432 g/mol. The molecule has 0 unspecified atom stereocenters. The third-order valence-electron chi connectivity index (χ3n) is 5.74. The number of fused-ring (bicyclic) bond motifs is 1. The van der Waals surface area contributed by atoms with E-state index >= 15 is 0 Å². The van der Waals surface area contributed by atoms with Gasteiger partial charge in [0.1, 0.15) is 0 Å². The number of amides is 1. The van der Waals surface area contributed by atoms with Crippen molar-refractivity contribution < 1.29 is 9.90 Å². The zero-order chi connectivity index (χ0) is 21.4. The van der Waals surface area contributed by atoms with Crippen molar-refractivity contribution >= 4 is 50.3 Å². The quantitative estimate of drug-likeness (QED) is 0.486. The molecule has 1 aromatic carbocycles. The largest absolute Gasteiger partial charge is 0.389 e. The van der Waals surface area contributed by atoms with Gasteiger partial charge in [0.2, 0.25) is 5.95 Å². The third kappa shape index (κ3) is 4.46. The summed E-state index contributed by atoms with van der Waals surface area (Å²) in [7, 11) is 0. The summed E-state index contributed by atoms with van der Waals surface area (Å²) in [5.41, 5.74) is 1.54. The van der Waals surface area contributed by atoms with Gasteiger partial charge in [0, 0.05) is 48.0 Å². The van der Waals surface area contributed by atoms with E-state index in [1.165, 1.54) is 0 Å². The number of anilines is 2. The Morgan fingerprint density at radius 1 is 1.19 bits per heavy atom. The highest BCUT2D eigenvalue weighted by molar-refractivity contribution is 7.98. The van der Waals surface area contributed by atoms with Gasteiger partial charge in [-0.2, -0.15) is 0 Å². The number of carbonyl (C=O) groups excluding carboxylic acids is 1. The summed E-state index contributed by atoms with van der Waals surface area (Å²) in [6.07, 6.45) is 8.39. The number of thiazole rings is 1. The van der Waals surface area contributed by atoms with Gasteiger partial charge < -0.3 is 20.6 Å². The van der Waals surface area contributed by atoms with Crippen molar-refractivity contribution in [3.8, 4) is 0 Å². The minimum Gasteiger partial charge on any atom is -0.389 e. The molecule has 3 heterocycles. The van der Waals surface area contributed by atoms with Gasteiger partial charge in [0.15, 0.2) is 5.13 Å². The molecule has 1 saturated carbocycles. The second-order valence-corrected chi connectivity index (χ2v) is 9.92. The predicted octanol–water partition coefficient (Wildman–Crippen LogP) is 3.07. The molecule has 0 spiro atoms. The van der Waals surface area contributed by atoms with Crippen LogP contribution in [0.1, 0.15) is 29.6 Å². The van der Waals surface area contributed by atoms with Gasteiger partial charge in [-0.3, -0.25) is 4.79 Å². The number of rotatable bonds is 6. The molecule has 3 aromatic rings. The second kappa shape index (κ2) is 8.60. The Morgan fingerprint density at radius 3 is 2.65 bits per heavy atom. The number of nitrogens with one attached hydrogen (secondary N) is 2. The molecule has 2 aliphatic rings. The van der Waals surface area contributed by atoms with E-state index in [1.54, 1.807) is 28.0 Å². The molecule has 1 aliphatic heterocycles. The highest BCUT2D eigenvalue weighted by atomic mass is 32.2. The average Bonchev–Trinajstić information content (AvgIpc) is 3.37. The number of hydrogen-bond acceptors (Lipinski definition) is 9. The number of β-amino-alcohol motifs (C(OH)–C–C–N with tert-alkyl or cyclic N) is 1. The van der Waals surface area contributed by atoms with E-state index in [2.05, 4.69) is 20.6 Å². The lowest BCUT2D eigenvalue weighted by Crippen LogP contribution is -2.53. The zero-order valence-electron chi connectivity index (χ0n) is 17.1. The second-order valence-electron chi connectivity index (χ2n) is 8.01. The molecule has 0 radical (unpaired) electrons. The van der Waals surface area contributed by atoms with Gasteiger partial charge in [0.25, 0.3) is 5.91 Å². The summed E-state index contributed by atoms with van der Waals surface area (Å²) in [6.45, 7) is 0.825. The van der Waals surface area contributed by atoms with Crippen molar-refractivity contribution in [3.63, 3.8) is 0 Å². The maximum absolute atomic E-state index is 12.5. The molecule has 3 N–H and O–H groups in total. The average molecular weight is 457 g/mol. The fraction of sp³-hybridized carbons (Fsp3) is 0.429. The number of aromatic nitrogens is 3. The predicted molar refractivity (Wildman–Crippen MR) is 124 cm³/mol. The maximum Gasteiger partial charge on any atom is 0.254 e. The topological polar surface area (TPSA) is 103 Å². The number of benzene rings is 1. The summed E-state index contributed by atoms with van der Waals surface area (Å²) in [5.74, 6) is 0.642. The molecule has 10 heteroatoms. The molecule has 31 heavy (non-hydrogen) atoms. The minimum absolute atomic E-state index is 0.0346. The zero-order valence-corrected chi connectivity index (χ0v) is 18.7. The molecule has 2 atom stereocenters. The fourth-order valence-corrected chi connectivity index (χ4v) is 5.32. The van der Waals surface area contributed by atoms with E-state index in [0.29, 0.717) is 36.7 Å². The van der Waals surface area contributed by atoms with Gasteiger partial charge in [-0.25, -0.2) is 15.0 Å². The van der Waals surface area contributed by atoms with Crippen LogP contribution in [-0.2, 0) is 0 Å². The van der Waals surface area contributed by atoms with Gasteiger partial charge in [-0.05, 0) is 43.7 Å². The number of aliphatic hydroxyl groups is 1. The van der Waals surface area contributed by atoms with E-state index in [9.17, 15) is 9.90 Å². The number of nitrogens with zero attached hydrogens (tertiary/aromatic N) is 4. The third-order valence-corrected chi connectivity index (χ3v) is 7.37. The Morgan fingerprint density at radius 2 is 1.94 bits per heavy atom. The Bertz CT molecular complexity index is 1080. The summed E-state index contributed by atoms with van der Waals surface area (Å²) in [4.78, 5) is 28.7. The van der Waals surface area contributed by atoms with Crippen LogP contribution in [0, 0.1) is 0 Å². The monoisotopic (exact) mass is 456 g/mol. The molecule has 1 saturated heterocycles. The Kier molecular flexibility index (Phi) is 5.68. The van der Waals surface area contributed by atoms with E-state index in [1.807, 2.05) is 36.8 Å². The van der Waals surface area contributed by atoms with Crippen LogP contribution in [0.2, 0.25) is 0 Å². The number of likely N-dealkylation sites (tertiary alicyclic amines) is 1. The number of hydrogen-bond donors (Lipinski definition) is 3. The van der Waals surface area contributed by atoms with E-state index < -0.39 is 6.10 Å². The van der Waals surface area contributed by atoms with Crippen molar-refractivity contribution in [2.75, 3.05) is 30.0 Å². The highest BCUT2D eigenvalue weighted by Gasteiger charge is 2.30. The SMILES string of the molecule is CSc1cnc(N[C@H]2CC[C@H](Nc3nc4ccc(C(=O)N5CC(O)C5)cc4s3)C2)nc1. The number of carbonyl (C=O) groups is 1. The van der Waals surface area contributed by atoms with Crippen molar-refractivity contribution in [1.29, 1.82) is 0 Å². The van der Waals surface area contributed by atoms with Gasteiger partial charge in [0.05, 0.1) is 16.3 Å². The van der Waals surface area contributed by atoms with E-state index in [4.69, 9.17) is 4.98 Å². The van der Waals surface area contributed by atoms with E-state index in [-0.39, 0.29) is 5.91 Å². The van der Waals surface area contributed by atoms with Crippen LogP contribution in [0.4, 0.5) is 11.1 Å². The molecule has 5 rings (SSSR count). The molecular formula is C21H24N6O2S2. The first-order valence-electron chi connectivity index (χ1n) is 10.3. The van der Waals surface area contributed by atoms with Crippen LogP contribution in [0.3, 0.4) is 0 Å². The first kappa shape index (κ1) is 20.5. The van der Waals surface area contributed by atoms with Crippen molar-refractivity contribution in [2.45, 2.75) is 42.3 Å². The molecule has 2 aromatic heterocycles. The normalized spacial score (nSPS) is 21.3. The lowest BCUT2D eigenvalue weighted by atomic mass is 10.1. The lowest BCUT2D eigenvalue weighted by Gasteiger charge is -2.35. The Hall–Kier alpha value is -2.43. The van der Waals surface area contributed by atoms with Gasteiger partial charge in [-0.1, -0.05) is 11.3 Å². The van der Waals surface area contributed by atoms with Crippen LogP contribution in [-0.4, -0.2) is 68.4 Å². The van der Waals surface area contributed by atoms with Crippen molar-refractivity contribution in [3.05, 3.63) is 36.2 Å². The van der Waals surface area contributed by atoms with E-state index in [0.717, 1.165) is 39.5 Å². The molecule has 2 fully saturated rings. The molecule has 1 aliphatic carbocycles. The summed E-state index contributed by atoms with van der Waals surface area (Å²) in [6, 6.07) is 6.29. The molecule has 0 bridgehead atoms. The van der Waals surface area contributed by atoms with Crippen molar-refractivity contribution in [2.24, 2.45) is 0 Å².